The van der Waals surface area contributed by atoms with Gasteiger partial charge in [0.2, 0.25) is 0 Å². The van der Waals surface area contributed by atoms with Crippen LogP contribution >= 0.6 is 0 Å². The third-order valence-corrected chi connectivity index (χ3v) is 5.34. The van der Waals surface area contributed by atoms with Gasteiger partial charge in [0.1, 0.15) is 0 Å². The maximum Gasteiger partial charge on any atom is 0.174 e. The molecule has 23 heavy (non-hydrogen) atoms. The average molecular weight is 322 g/mol. The third-order valence-electron chi connectivity index (χ3n) is 5.34. The highest BCUT2D eigenvalue weighted by Crippen LogP contribution is 2.43. The molecule has 1 rings (SSSR count). The number of benzene rings is 1. The molecule has 1 atom stereocenters. The van der Waals surface area contributed by atoms with Crippen molar-refractivity contribution in [2.24, 2.45) is 0 Å². The van der Waals surface area contributed by atoms with Gasteiger partial charge in [0, 0.05) is 25.3 Å². The third kappa shape index (κ3) is 4.95. The van der Waals surface area contributed by atoms with Crippen LogP contribution in [0.5, 0.6) is 0 Å². The maximum atomic E-state index is 6.01. The van der Waals surface area contributed by atoms with Crippen molar-refractivity contribution in [1.29, 1.82) is 0 Å². The van der Waals surface area contributed by atoms with E-state index in [2.05, 4.69) is 19.9 Å². The lowest BCUT2D eigenvalue weighted by molar-refractivity contribution is -0.237. The fourth-order valence-corrected chi connectivity index (χ4v) is 3.31. The van der Waals surface area contributed by atoms with Gasteiger partial charge in [-0.05, 0) is 31.0 Å². The van der Waals surface area contributed by atoms with Gasteiger partial charge >= 0.3 is 0 Å². The molecule has 0 spiro atoms. The summed E-state index contributed by atoms with van der Waals surface area (Å²) in [6.45, 7) is 6.49. The molecule has 2 N–H and O–H groups in total. The molecule has 0 aromatic heterocycles. The number of nitrogen functional groups attached to an aromatic ring is 1. The zero-order chi connectivity index (χ0) is 17.3. The first kappa shape index (κ1) is 20.0. The average Bonchev–Trinajstić information content (AvgIpc) is 2.56. The molecule has 0 aliphatic heterocycles. The minimum absolute atomic E-state index is 0.239. The van der Waals surface area contributed by atoms with Crippen LogP contribution < -0.4 is 5.73 Å². The molecule has 1 unspecified atom stereocenters. The molecule has 0 saturated heterocycles. The molecule has 3 nitrogen and oxygen atoms in total. The van der Waals surface area contributed by atoms with E-state index in [-0.39, 0.29) is 5.41 Å². The quantitative estimate of drug-likeness (QED) is 0.342. The molecule has 0 amide bonds. The summed E-state index contributed by atoms with van der Waals surface area (Å²) in [7, 11) is 3.44. The molecular formula is C20H35NO2. The van der Waals surface area contributed by atoms with Gasteiger partial charge in [0.15, 0.2) is 5.79 Å². The Hall–Kier alpha value is -1.06. The van der Waals surface area contributed by atoms with Crippen molar-refractivity contribution >= 4 is 5.69 Å². The van der Waals surface area contributed by atoms with Gasteiger partial charge in [-0.3, -0.25) is 0 Å². The van der Waals surface area contributed by atoms with Crippen LogP contribution in [0.2, 0.25) is 0 Å². The summed E-state index contributed by atoms with van der Waals surface area (Å²) in [6, 6.07) is 8.11. The molecule has 0 fully saturated rings. The van der Waals surface area contributed by atoms with Crippen LogP contribution in [0.25, 0.3) is 0 Å². The number of unbranched alkanes of at least 4 members (excludes halogenated alkanes) is 5. The first-order valence-corrected chi connectivity index (χ1v) is 8.90. The van der Waals surface area contributed by atoms with Crippen molar-refractivity contribution in [2.75, 3.05) is 20.0 Å². The molecule has 0 heterocycles. The molecule has 0 radical (unpaired) electrons. The molecule has 0 aliphatic rings. The van der Waals surface area contributed by atoms with Crippen molar-refractivity contribution < 1.29 is 9.47 Å². The van der Waals surface area contributed by atoms with Gasteiger partial charge in [-0.1, -0.05) is 64.5 Å². The molecule has 0 aliphatic carbocycles. The smallest absolute Gasteiger partial charge is 0.174 e. The monoisotopic (exact) mass is 321 g/mol. The van der Waals surface area contributed by atoms with Crippen molar-refractivity contribution in [1.82, 2.24) is 0 Å². The summed E-state index contributed by atoms with van der Waals surface area (Å²) < 4.78 is 11.6. The van der Waals surface area contributed by atoms with Crippen LogP contribution in [0.4, 0.5) is 5.69 Å². The van der Waals surface area contributed by atoms with Gasteiger partial charge in [0.25, 0.3) is 0 Å². The minimum atomic E-state index is -0.676. The fourth-order valence-electron chi connectivity index (χ4n) is 3.31. The van der Waals surface area contributed by atoms with Crippen molar-refractivity contribution in [3.63, 3.8) is 0 Å². The van der Waals surface area contributed by atoms with Gasteiger partial charge < -0.3 is 15.2 Å². The van der Waals surface area contributed by atoms with Crippen molar-refractivity contribution in [3.8, 4) is 0 Å². The standard InChI is InChI=1S/C20H35NO2/c1-6-7-8-9-10-11-15-19(2,20(3,22-4)23-5)17-13-12-14-18(21)16-17/h12-14,16H,6-11,15,21H2,1-5H3. The highest BCUT2D eigenvalue weighted by Gasteiger charge is 2.46. The summed E-state index contributed by atoms with van der Waals surface area (Å²) in [5.41, 5.74) is 7.73. The Morgan fingerprint density at radius 1 is 0.957 bits per heavy atom. The van der Waals surface area contributed by atoms with Crippen molar-refractivity contribution in [3.05, 3.63) is 29.8 Å². The van der Waals surface area contributed by atoms with Crippen LogP contribution in [-0.2, 0) is 14.9 Å². The number of methoxy groups -OCH3 is 2. The minimum Gasteiger partial charge on any atom is -0.399 e. The number of hydrogen-bond donors (Lipinski definition) is 1. The number of rotatable bonds is 11. The maximum absolute atomic E-state index is 6.01. The Labute approximate surface area is 142 Å². The van der Waals surface area contributed by atoms with Gasteiger partial charge in [-0.15, -0.1) is 0 Å². The normalized spacial score (nSPS) is 14.7. The van der Waals surface area contributed by atoms with E-state index in [1.54, 1.807) is 14.2 Å². The fraction of sp³-hybridized carbons (Fsp3) is 0.700. The molecule has 0 bridgehead atoms. The SMILES string of the molecule is CCCCCCCCC(C)(c1cccc(N)c1)C(C)(OC)OC. The van der Waals surface area contributed by atoms with Gasteiger partial charge in [0.05, 0.1) is 0 Å². The topological polar surface area (TPSA) is 44.5 Å². The first-order valence-electron chi connectivity index (χ1n) is 8.90. The Bertz CT molecular complexity index is 457. The van der Waals surface area contributed by atoms with Gasteiger partial charge in [-0.25, -0.2) is 0 Å². The van der Waals surface area contributed by atoms with E-state index in [0.717, 1.165) is 18.5 Å². The van der Waals surface area contributed by atoms with E-state index < -0.39 is 5.79 Å². The Balaban J connectivity index is 2.89. The van der Waals surface area contributed by atoms with Crippen LogP contribution in [0.15, 0.2) is 24.3 Å². The largest absolute Gasteiger partial charge is 0.399 e. The highest BCUT2D eigenvalue weighted by molar-refractivity contribution is 5.44. The molecule has 1 aromatic rings. The lowest BCUT2D eigenvalue weighted by atomic mass is 9.71. The summed E-state index contributed by atoms with van der Waals surface area (Å²) in [6.07, 6.45) is 8.68. The molecule has 1 aromatic carbocycles. The second-order valence-electron chi connectivity index (χ2n) is 6.83. The van der Waals surface area contributed by atoms with Crippen LogP contribution in [0.1, 0.15) is 71.3 Å². The Morgan fingerprint density at radius 2 is 1.57 bits per heavy atom. The zero-order valence-corrected chi connectivity index (χ0v) is 15.7. The molecule has 132 valence electrons. The predicted octanol–water partition coefficient (Wildman–Crippen LogP) is 5.29. The van der Waals surface area contributed by atoms with E-state index in [4.69, 9.17) is 15.2 Å². The van der Waals surface area contributed by atoms with E-state index in [1.165, 1.54) is 37.7 Å². The highest BCUT2D eigenvalue weighted by atomic mass is 16.7. The van der Waals surface area contributed by atoms with E-state index in [9.17, 15) is 0 Å². The predicted molar refractivity (Wildman–Crippen MR) is 98.6 cm³/mol. The number of anilines is 1. The van der Waals surface area contributed by atoms with E-state index >= 15 is 0 Å². The Morgan fingerprint density at radius 3 is 2.13 bits per heavy atom. The van der Waals surface area contributed by atoms with Crippen LogP contribution in [0, 0.1) is 0 Å². The lowest BCUT2D eigenvalue weighted by Gasteiger charge is -2.45. The second kappa shape index (κ2) is 9.29. The first-order chi connectivity index (χ1) is 10.9. The number of nitrogens with two attached hydrogens (primary N) is 1. The van der Waals surface area contributed by atoms with Gasteiger partial charge in [-0.2, -0.15) is 0 Å². The molecular weight excluding hydrogens is 286 g/mol. The second-order valence-corrected chi connectivity index (χ2v) is 6.83. The molecule has 3 heteroatoms. The summed E-state index contributed by atoms with van der Waals surface area (Å²) in [5.74, 6) is -0.676. The summed E-state index contributed by atoms with van der Waals surface area (Å²) >= 11 is 0. The van der Waals surface area contributed by atoms with Crippen LogP contribution in [0.3, 0.4) is 0 Å². The van der Waals surface area contributed by atoms with Crippen LogP contribution in [-0.4, -0.2) is 20.0 Å². The van der Waals surface area contributed by atoms with E-state index in [0.29, 0.717) is 0 Å². The lowest BCUT2D eigenvalue weighted by Crippen LogP contribution is -2.50. The Kier molecular flexibility index (Phi) is 8.07. The van der Waals surface area contributed by atoms with Crippen molar-refractivity contribution in [2.45, 2.75) is 76.9 Å². The van der Waals surface area contributed by atoms with E-state index in [1.807, 2.05) is 25.1 Å². The number of hydrogen-bond acceptors (Lipinski definition) is 3. The zero-order valence-electron chi connectivity index (χ0n) is 15.7. The summed E-state index contributed by atoms with van der Waals surface area (Å²) in [4.78, 5) is 0. The summed E-state index contributed by atoms with van der Waals surface area (Å²) in [5, 5.41) is 0. The molecule has 0 saturated carbocycles. The number of ether oxygens (including phenoxy) is 2.